The Balaban J connectivity index is 2.39. The second kappa shape index (κ2) is 4.18. The first-order valence-corrected chi connectivity index (χ1v) is 6.82. The summed E-state index contributed by atoms with van der Waals surface area (Å²) < 4.78 is 0.675. The number of carbonyl (C=O) groups is 1. The number of rotatable bonds is 2. The Morgan fingerprint density at radius 2 is 1.75 bits per heavy atom. The van der Waals surface area contributed by atoms with Crippen LogP contribution in [-0.2, 0) is 0 Å². The molecule has 0 amide bonds. The predicted octanol–water partition coefficient (Wildman–Crippen LogP) is 3.54. The molecule has 0 saturated carbocycles. The summed E-state index contributed by atoms with van der Waals surface area (Å²) in [5, 5.41) is 21.9. The highest BCUT2D eigenvalue weighted by molar-refractivity contribution is 9.11. The smallest absolute Gasteiger partial charge is 0.285 e. The van der Waals surface area contributed by atoms with Crippen LogP contribution in [0.1, 0.15) is 15.9 Å². The second-order valence-corrected chi connectivity index (χ2v) is 6.46. The summed E-state index contributed by atoms with van der Waals surface area (Å²) in [7, 11) is 0. The van der Waals surface area contributed by atoms with Gasteiger partial charge in [-0.15, -0.1) is 11.3 Å². The van der Waals surface area contributed by atoms with E-state index in [0.717, 1.165) is 12.1 Å². The van der Waals surface area contributed by atoms with Crippen LogP contribution in [0, 0.1) is 20.2 Å². The van der Waals surface area contributed by atoms with Gasteiger partial charge in [0, 0.05) is 17.2 Å². The zero-order chi connectivity index (χ0) is 14.6. The molecular formula is C11H3BrN2O5S. The average molecular weight is 355 g/mol. The van der Waals surface area contributed by atoms with Crippen molar-refractivity contribution in [1.29, 1.82) is 0 Å². The van der Waals surface area contributed by atoms with Gasteiger partial charge in [0.1, 0.15) is 0 Å². The monoisotopic (exact) mass is 354 g/mol. The van der Waals surface area contributed by atoms with E-state index in [2.05, 4.69) is 15.9 Å². The fourth-order valence-electron chi connectivity index (χ4n) is 2.14. The van der Waals surface area contributed by atoms with Gasteiger partial charge >= 0.3 is 0 Å². The number of nitro groups is 2. The Kier molecular flexibility index (Phi) is 2.69. The molecule has 0 spiro atoms. The number of ketones is 1. The first kappa shape index (κ1) is 12.9. The number of benzene rings is 1. The summed E-state index contributed by atoms with van der Waals surface area (Å²) in [4.78, 5) is 33.1. The number of hydrogen-bond acceptors (Lipinski definition) is 6. The molecule has 0 unspecified atom stereocenters. The highest BCUT2D eigenvalue weighted by Gasteiger charge is 2.37. The lowest BCUT2D eigenvalue weighted by atomic mass is 10.1. The van der Waals surface area contributed by atoms with Crippen molar-refractivity contribution in [2.45, 2.75) is 0 Å². The first-order chi connectivity index (χ1) is 9.40. The van der Waals surface area contributed by atoms with Crippen LogP contribution in [0.2, 0.25) is 0 Å². The van der Waals surface area contributed by atoms with E-state index in [4.69, 9.17) is 0 Å². The van der Waals surface area contributed by atoms with Gasteiger partial charge in [-0.2, -0.15) is 0 Å². The Bertz CT molecular complexity index is 813. The van der Waals surface area contributed by atoms with Crippen LogP contribution in [0.25, 0.3) is 10.4 Å². The molecule has 3 rings (SSSR count). The maximum atomic E-state index is 12.2. The minimum atomic E-state index is -0.747. The third-order valence-electron chi connectivity index (χ3n) is 2.93. The predicted molar refractivity (Wildman–Crippen MR) is 74.2 cm³/mol. The molecule has 0 aliphatic heterocycles. The molecular weight excluding hydrogens is 352 g/mol. The molecule has 9 heteroatoms. The van der Waals surface area contributed by atoms with E-state index in [-0.39, 0.29) is 11.1 Å². The molecule has 100 valence electrons. The molecule has 0 bridgehead atoms. The molecule has 1 heterocycles. The van der Waals surface area contributed by atoms with E-state index < -0.39 is 27.0 Å². The van der Waals surface area contributed by atoms with Crippen molar-refractivity contribution in [1.82, 2.24) is 0 Å². The van der Waals surface area contributed by atoms with Crippen LogP contribution in [0.4, 0.5) is 11.4 Å². The number of non-ortho nitro benzene ring substituents is 1. The van der Waals surface area contributed by atoms with Crippen molar-refractivity contribution in [3.05, 3.63) is 53.3 Å². The van der Waals surface area contributed by atoms with Gasteiger partial charge in [-0.05, 0) is 22.0 Å². The number of hydrogen-bond donors (Lipinski definition) is 0. The molecule has 20 heavy (non-hydrogen) atoms. The van der Waals surface area contributed by atoms with Crippen molar-refractivity contribution in [2.75, 3.05) is 0 Å². The molecule has 1 aromatic heterocycles. The lowest BCUT2D eigenvalue weighted by Crippen LogP contribution is -1.99. The standard InChI is InChI=1S/C11H3BrN2O5S/c12-8-3-6-10(15)5-1-4(13(16)17)2-7(14(18)19)9(5)11(6)20-8/h1-3H. The first-order valence-electron chi connectivity index (χ1n) is 5.21. The molecule has 0 fully saturated rings. The van der Waals surface area contributed by atoms with Gasteiger partial charge in [0.05, 0.1) is 30.1 Å². The van der Waals surface area contributed by atoms with E-state index in [1.165, 1.54) is 11.3 Å². The number of fused-ring (bicyclic) bond motifs is 3. The van der Waals surface area contributed by atoms with Gasteiger partial charge < -0.3 is 0 Å². The average Bonchev–Trinajstić information content (AvgIpc) is 2.87. The number of halogens is 1. The summed E-state index contributed by atoms with van der Waals surface area (Å²) in [5.74, 6) is -0.427. The van der Waals surface area contributed by atoms with Gasteiger partial charge in [-0.1, -0.05) is 0 Å². The second-order valence-electron chi connectivity index (χ2n) is 4.02. The summed E-state index contributed by atoms with van der Waals surface area (Å²) in [6.45, 7) is 0. The molecule has 0 atom stereocenters. The molecule has 1 aliphatic rings. The summed E-state index contributed by atoms with van der Waals surface area (Å²) in [6, 6.07) is 3.54. The molecule has 0 N–H and O–H groups in total. The highest BCUT2D eigenvalue weighted by atomic mass is 79.9. The zero-order valence-electron chi connectivity index (χ0n) is 9.45. The van der Waals surface area contributed by atoms with E-state index in [1.807, 2.05) is 0 Å². The number of thiophene rings is 1. The molecule has 1 aromatic carbocycles. The largest absolute Gasteiger partial charge is 0.289 e. The van der Waals surface area contributed by atoms with Gasteiger partial charge in [0.25, 0.3) is 11.4 Å². The quantitative estimate of drug-likeness (QED) is 0.517. The molecule has 2 aromatic rings. The van der Waals surface area contributed by atoms with Crippen molar-refractivity contribution >= 4 is 44.4 Å². The van der Waals surface area contributed by atoms with E-state index in [1.54, 1.807) is 6.07 Å². The number of nitro benzene ring substituents is 2. The van der Waals surface area contributed by atoms with E-state index in [9.17, 15) is 25.0 Å². The van der Waals surface area contributed by atoms with Crippen molar-refractivity contribution in [2.24, 2.45) is 0 Å². The van der Waals surface area contributed by atoms with Crippen LogP contribution in [0.15, 0.2) is 22.0 Å². The highest BCUT2D eigenvalue weighted by Crippen LogP contribution is 2.49. The fraction of sp³-hybridized carbons (Fsp3) is 0. The molecule has 7 nitrogen and oxygen atoms in total. The molecule has 0 saturated heterocycles. The fourth-order valence-corrected chi connectivity index (χ4v) is 3.80. The lowest BCUT2D eigenvalue weighted by molar-refractivity contribution is -0.393. The topological polar surface area (TPSA) is 103 Å². The van der Waals surface area contributed by atoms with Crippen molar-refractivity contribution in [3.63, 3.8) is 0 Å². The van der Waals surface area contributed by atoms with Crippen LogP contribution in [0.3, 0.4) is 0 Å². The van der Waals surface area contributed by atoms with Gasteiger partial charge in [0.2, 0.25) is 0 Å². The maximum Gasteiger partial charge on any atom is 0.285 e. The molecule has 1 aliphatic carbocycles. The number of carbonyl (C=O) groups excluding carboxylic acids is 1. The lowest BCUT2D eigenvalue weighted by Gasteiger charge is -2.01. The minimum Gasteiger partial charge on any atom is -0.289 e. The normalized spacial score (nSPS) is 12.2. The Labute approximate surface area is 123 Å². The minimum absolute atomic E-state index is 0.0136. The van der Waals surface area contributed by atoms with Gasteiger partial charge in [-0.3, -0.25) is 25.0 Å². The van der Waals surface area contributed by atoms with Gasteiger partial charge in [0.15, 0.2) is 5.78 Å². The van der Waals surface area contributed by atoms with Crippen LogP contribution in [-0.4, -0.2) is 15.6 Å². The summed E-state index contributed by atoms with van der Waals surface area (Å²) in [6.07, 6.45) is 0. The van der Waals surface area contributed by atoms with Crippen LogP contribution in [0.5, 0.6) is 0 Å². The van der Waals surface area contributed by atoms with Gasteiger partial charge in [-0.25, -0.2) is 0 Å². The Morgan fingerprint density at radius 1 is 1.05 bits per heavy atom. The number of nitrogens with zero attached hydrogens (tertiary/aromatic N) is 2. The SMILES string of the molecule is O=C1c2cc(Br)sc2-c2c1cc([N+](=O)[O-])cc2[N+](=O)[O-]. The van der Waals surface area contributed by atoms with Crippen molar-refractivity contribution < 1.29 is 14.6 Å². The third kappa shape index (κ3) is 1.67. The summed E-state index contributed by atoms with van der Waals surface area (Å²) >= 11 is 4.42. The van der Waals surface area contributed by atoms with Crippen molar-refractivity contribution in [3.8, 4) is 10.4 Å². The summed E-state index contributed by atoms with van der Waals surface area (Å²) in [5.41, 5.74) is -0.370. The van der Waals surface area contributed by atoms with Crippen LogP contribution < -0.4 is 0 Å². The third-order valence-corrected chi connectivity index (χ3v) is 4.58. The Morgan fingerprint density at radius 3 is 2.35 bits per heavy atom. The molecule has 0 radical (unpaired) electrons. The van der Waals surface area contributed by atoms with E-state index in [0.29, 0.717) is 14.2 Å². The van der Waals surface area contributed by atoms with E-state index >= 15 is 0 Å². The van der Waals surface area contributed by atoms with Crippen LogP contribution >= 0.6 is 27.3 Å². The Hall–Kier alpha value is -2.13. The zero-order valence-corrected chi connectivity index (χ0v) is 11.9. The maximum absolute atomic E-state index is 12.2.